The van der Waals surface area contributed by atoms with Crippen LogP contribution in [0.25, 0.3) is 0 Å². The van der Waals surface area contributed by atoms with E-state index in [0.29, 0.717) is 25.9 Å². The Morgan fingerprint density at radius 2 is 0.788 bits per heavy atom. The van der Waals surface area contributed by atoms with Gasteiger partial charge in [-0.1, -0.05) is 12.8 Å². The number of carboxylic acid groups (broad SMARTS) is 2. The number of carboxylic acids is 2. The first-order chi connectivity index (χ1) is 13.4. The summed E-state index contributed by atoms with van der Waals surface area (Å²) in [6, 6.07) is -1.65. The Hall–Kier alpha value is 0.0784. The first-order valence-electron chi connectivity index (χ1n) is 8.03. The number of hydrogen-bond acceptors (Lipinski definition) is 16. The molecule has 0 unspecified atom stereocenters. The van der Waals surface area contributed by atoms with Gasteiger partial charge in [-0.2, -0.15) is 0 Å². The van der Waals surface area contributed by atoms with Gasteiger partial charge in [-0.25, -0.2) is 0 Å². The molecule has 33 heavy (non-hydrogen) atoms. The predicted octanol–water partition coefficient (Wildman–Crippen LogP) is -6.30. The summed E-state index contributed by atoms with van der Waals surface area (Å²) in [5.74, 6) is -2.37. The molecular formula is C12H26Cu3N4O12S2. The molecule has 0 aliphatic heterocycles. The molecule has 0 heterocycles. The molecule has 0 saturated heterocycles. The van der Waals surface area contributed by atoms with Crippen molar-refractivity contribution in [3.63, 3.8) is 0 Å². The van der Waals surface area contributed by atoms with Crippen molar-refractivity contribution in [1.29, 1.82) is 0 Å². The van der Waals surface area contributed by atoms with Gasteiger partial charge in [-0.05, 0) is 38.8 Å². The van der Waals surface area contributed by atoms with E-state index in [1.54, 1.807) is 0 Å². The monoisotopic (exact) mass is 671 g/mol. The van der Waals surface area contributed by atoms with Crippen molar-refractivity contribution in [3.05, 3.63) is 0 Å². The molecule has 0 fully saturated rings. The molecule has 2 atom stereocenters. The molecule has 0 saturated carbocycles. The van der Waals surface area contributed by atoms with Crippen LogP contribution in [0.4, 0.5) is 0 Å². The van der Waals surface area contributed by atoms with Gasteiger partial charge in [-0.15, -0.1) is 0 Å². The molecule has 16 nitrogen and oxygen atoms in total. The van der Waals surface area contributed by atoms with Crippen LogP contribution in [0.3, 0.4) is 0 Å². The van der Waals surface area contributed by atoms with E-state index in [1.807, 2.05) is 0 Å². The van der Waals surface area contributed by atoms with Crippen LogP contribution in [0.5, 0.6) is 0 Å². The van der Waals surface area contributed by atoms with Crippen LogP contribution in [-0.2, 0) is 81.6 Å². The van der Waals surface area contributed by atoms with E-state index in [9.17, 15) is 19.8 Å². The normalized spacial score (nSPS) is 11.4. The second kappa shape index (κ2) is 30.1. The predicted molar refractivity (Wildman–Crippen MR) is 92.7 cm³/mol. The summed E-state index contributed by atoms with van der Waals surface area (Å²) in [5.41, 5.74) is 20.7. The summed E-state index contributed by atoms with van der Waals surface area (Å²) >= 11 is 0. The van der Waals surface area contributed by atoms with Crippen LogP contribution < -0.4 is 33.1 Å². The molecule has 21 heteroatoms. The molecule has 0 rings (SSSR count). The zero-order valence-corrected chi connectivity index (χ0v) is 21.2. The zero-order valence-electron chi connectivity index (χ0n) is 16.7. The molecule has 0 aromatic heterocycles. The van der Waals surface area contributed by atoms with Crippen molar-refractivity contribution in [2.75, 3.05) is 13.1 Å². The van der Waals surface area contributed by atoms with Crippen molar-refractivity contribution in [3.8, 4) is 0 Å². The third-order valence-corrected chi connectivity index (χ3v) is 2.54. The summed E-state index contributed by atoms with van der Waals surface area (Å²) in [6.07, 6.45) is 4.07. The van der Waals surface area contributed by atoms with Gasteiger partial charge in [0.2, 0.25) is 0 Å². The molecule has 3 radical (unpaired) electrons. The van der Waals surface area contributed by atoms with Crippen LogP contribution in [0.15, 0.2) is 0 Å². The van der Waals surface area contributed by atoms with Crippen LogP contribution in [0, 0.1) is 0 Å². The Morgan fingerprint density at radius 1 is 0.606 bits per heavy atom. The Balaban J connectivity index is -0.0000000556. The number of carbonyl (C=O) groups excluding carboxylic acids is 2. The van der Waals surface area contributed by atoms with E-state index in [0.717, 1.165) is 25.7 Å². The van der Waals surface area contributed by atoms with E-state index in [1.165, 1.54) is 0 Å². The fourth-order valence-electron chi connectivity index (χ4n) is 1.25. The maximum absolute atomic E-state index is 10.0. The molecule has 0 aliphatic rings. The third-order valence-electron chi connectivity index (χ3n) is 2.54. The molecule has 8 N–H and O–H groups in total. The minimum Gasteiger partial charge on any atom is -0.759 e. The summed E-state index contributed by atoms with van der Waals surface area (Å²) in [6.45, 7) is 1.17. The average molecular weight is 673 g/mol. The van der Waals surface area contributed by atoms with Gasteiger partial charge >= 0.3 is 51.2 Å². The summed E-state index contributed by atoms with van der Waals surface area (Å²) in [4.78, 5) is 20.1. The van der Waals surface area contributed by atoms with E-state index in [-0.39, 0.29) is 51.2 Å². The van der Waals surface area contributed by atoms with Gasteiger partial charge < -0.3 is 60.9 Å². The Bertz CT molecular complexity index is 584. The van der Waals surface area contributed by atoms with Crippen molar-refractivity contribution in [2.45, 2.75) is 50.6 Å². The molecule has 0 amide bonds. The standard InChI is InChI=1S/2C6H14N2O2.3Cu.2H2O4S/c2*7-4-2-1-3-5(8)6(9)10;;;;2*1-5(2,3)4/h2*5H,1-4,7-8H2,(H,9,10);;;;2*(H2,1,2,3,4)/q;;3*+2;;/p-6/t2*5-;;;;;/m00...../s1. The maximum Gasteiger partial charge on any atom is 2.00 e. The Kier molecular flexibility index (Phi) is 45.7. The Labute approximate surface area is 224 Å². The van der Waals surface area contributed by atoms with Gasteiger partial charge in [0.05, 0.1) is 11.9 Å². The van der Waals surface area contributed by atoms with Gasteiger partial charge in [0.25, 0.3) is 0 Å². The molecule has 0 bridgehead atoms. The van der Waals surface area contributed by atoms with Crippen molar-refractivity contribution < 1.29 is 106 Å². The number of rotatable bonds is 10. The van der Waals surface area contributed by atoms with Crippen LogP contribution in [-0.4, -0.2) is 72.2 Å². The van der Waals surface area contributed by atoms with Crippen molar-refractivity contribution in [2.24, 2.45) is 22.9 Å². The number of carbonyl (C=O) groups is 2. The van der Waals surface area contributed by atoms with Crippen LogP contribution in [0.2, 0.25) is 0 Å². The van der Waals surface area contributed by atoms with E-state index < -0.39 is 44.8 Å². The smallest absolute Gasteiger partial charge is 0.759 e. The number of nitrogens with two attached hydrogens (primary N) is 4. The van der Waals surface area contributed by atoms with Gasteiger partial charge in [-0.3, -0.25) is 16.8 Å². The summed E-state index contributed by atoms with van der Waals surface area (Å²) in [7, 11) is -10.3. The maximum atomic E-state index is 10.0. The molecule has 0 aromatic rings. The second-order valence-corrected chi connectivity index (χ2v) is 6.87. The molecule has 0 aromatic carbocycles. The fourth-order valence-corrected chi connectivity index (χ4v) is 1.25. The van der Waals surface area contributed by atoms with Gasteiger partial charge in [0.1, 0.15) is 0 Å². The van der Waals surface area contributed by atoms with Gasteiger partial charge in [0.15, 0.2) is 0 Å². The molecular weight excluding hydrogens is 647 g/mol. The SMILES string of the molecule is NCCCC[C@H](N)C(=O)[O-].NCCCC[C@H](N)C(=O)[O-].O=S(=O)([O-])[O-].O=S(=O)([O-])[O-].[Cu+2].[Cu+2].[Cu+2]. The number of hydrogen-bond donors (Lipinski definition) is 4. The van der Waals surface area contributed by atoms with Crippen molar-refractivity contribution in [1.82, 2.24) is 0 Å². The minimum absolute atomic E-state index is 0. The second-order valence-electron chi connectivity index (χ2n) is 5.24. The third kappa shape index (κ3) is 88.8. The van der Waals surface area contributed by atoms with Crippen LogP contribution >= 0.6 is 0 Å². The van der Waals surface area contributed by atoms with Crippen molar-refractivity contribution >= 4 is 32.7 Å². The summed E-state index contributed by atoms with van der Waals surface area (Å²) in [5, 5.41) is 20.1. The molecule has 211 valence electrons. The zero-order chi connectivity index (χ0) is 25.0. The number of aliphatic carboxylic acids is 2. The first-order valence-corrected chi connectivity index (χ1v) is 10.7. The topological polar surface area (TPSA) is 345 Å². The summed E-state index contributed by atoms with van der Waals surface area (Å²) < 4.78 is 68.2. The van der Waals surface area contributed by atoms with E-state index in [2.05, 4.69) is 0 Å². The largest absolute Gasteiger partial charge is 2.00 e. The first kappa shape index (κ1) is 50.1. The number of unbranched alkanes of at least 4 members (excludes halogenated alkanes) is 2. The Morgan fingerprint density at radius 3 is 0.909 bits per heavy atom. The van der Waals surface area contributed by atoms with Crippen LogP contribution in [0.1, 0.15) is 38.5 Å². The minimum atomic E-state index is -5.17. The average Bonchev–Trinajstić information content (AvgIpc) is 2.52. The fraction of sp³-hybridized carbons (Fsp3) is 0.833. The van der Waals surface area contributed by atoms with Gasteiger partial charge in [0, 0.05) is 32.9 Å². The van der Waals surface area contributed by atoms with E-state index in [4.69, 9.17) is 58.0 Å². The quantitative estimate of drug-likeness (QED) is 0.0725. The molecule has 0 spiro atoms. The van der Waals surface area contributed by atoms with E-state index >= 15 is 0 Å². The molecule has 0 aliphatic carbocycles.